The molecule has 1 unspecified atom stereocenters. The quantitative estimate of drug-likeness (QED) is 0.836. The van der Waals surface area contributed by atoms with Gasteiger partial charge >= 0.3 is 0 Å². The van der Waals surface area contributed by atoms with Gasteiger partial charge in [0.05, 0.1) is 13.7 Å². The molecule has 0 fully saturated rings. The Hall–Kier alpha value is -1.88. The second-order valence-electron chi connectivity index (χ2n) is 3.83. The average Bonchev–Trinajstić information content (AvgIpc) is 2.89. The second-order valence-corrected chi connectivity index (χ2v) is 3.83. The summed E-state index contributed by atoms with van der Waals surface area (Å²) in [6, 6.07) is 7.95. The Kier molecular flexibility index (Phi) is 3.72. The molecule has 5 heteroatoms. The van der Waals surface area contributed by atoms with Crippen LogP contribution in [0.5, 0.6) is 5.75 Å². The fraction of sp³-hybridized carbons (Fsp3) is 0.333. The molecule has 1 heterocycles. The minimum atomic E-state index is 0.215. The van der Waals surface area contributed by atoms with E-state index in [0.29, 0.717) is 6.54 Å². The van der Waals surface area contributed by atoms with Gasteiger partial charge in [0.15, 0.2) is 0 Å². The highest BCUT2D eigenvalue weighted by atomic mass is 16.5. The first-order chi connectivity index (χ1) is 8.33. The van der Waals surface area contributed by atoms with Crippen LogP contribution in [0.2, 0.25) is 0 Å². The van der Waals surface area contributed by atoms with E-state index < -0.39 is 0 Å². The first-order valence-electron chi connectivity index (χ1n) is 5.50. The second kappa shape index (κ2) is 5.45. The van der Waals surface area contributed by atoms with Crippen LogP contribution in [0.25, 0.3) is 0 Å². The lowest BCUT2D eigenvalue weighted by Crippen LogP contribution is -2.18. The number of nitrogens with two attached hydrogens (primary N) is 1. The van der Waals surface area contributed by atoms with Crippen molar-refractivity contribution in [2.75, 3.05) is 13.7 Å². The number of aromatic nitrogens is 3. The van der Waals surface area contributed by atoms with Crippen LogP contribution in [0.1, 0.15) is 11.5 Å². The molecule has 0 aliphatic heterocycles. The maximum absolute atomic E-state index is 5.81. The molecule has 0 radical (unpaired) electrons. The van der Waals surface area contributed by atoms with E-state index in [0.717, 1.165) is 17.9 Å². The fourth-order valence-electron chi connectivity index (χ4n) is 1.76. The van der Waals surface area contributed by atoms with E-state index in [9.17, 15) is 0 Å². The van der Waals surface area contributed by atoms with Crippen molar-refractivity contribution < 1.29 is 4.74 Å². The Morgan fingerprint density at radius 3 is 3.00 bits per heavy atom. The minimum Gasteiger partial charge on any atom is -0.497 e. The summed E-state index contributed by atoms with van der Waals surface area (Å²) >= 11 is 0. The topological polar surface area (TPSA) is 66.0 Å². The zero-order chi connectivity index (χ0) is 12.1. The molecular weight excluding hydrogens is 216 g/mol. The van der Waals surface area contributed by atoms with Gasteiger partial charge in [-0.15, -0.1) is 0 Å². The van der Waals surface area contributed by atoms with E-state index in [1.165, 1.54) is 6.33 Å². The van der Waals surface area contributed by atoms with Crippen molar-refractivity contribution in [2.45, 2.75) is 12.5 Å². The van der Waals surface area contributed by atoms with Crippen molar-refractivity contribution in [3.63, 3.8) is 0 Å². The molecule has 0 aliphatic rings. The molecule has 0 amide bonds. The number of hydrogen-bond acceptors (Lipinski definition) is 4. The van der Waals surface area contributed by atoms with Gasteiger partial charge in [-0.3, -0.25) is 4.68 Å². The molecule has 1 aromatic heterocycles. The molecule has 2 aromatic rings. The lowest BCUT2D eigenvalue weighted by molar-refractivity contribution is 0.413. The molecule has 0 spiro atoms. The number of benzene rings is 1. The third kappa shape index (κ3) is 2.82. The summed E-state index contributed by atoms with van der Waals surface area (Å²) in [6.07, 6.45) is 3.22. The van der Waals surface area contributed by atoms with Crippen LogP contribution >= 0.6 is 0 Å². The lowest BCUT2D eigenvalue weighted by Gasteiger charge is -2.15. The molecule has 17 heavy (non-hydrogen) atoms. The molecule has 0 aliphatic carbocycles. The zero-order valence-electron chi connectivity index (χ0n) is 9.78. The minimum absolute atomic E-state index is 0.215. The number of nitrogens with zero attached hydrogens (tertiary/aromatic N) is 3. The molecule has 1 atom stereocenters. The first kappa shape index (κ1) is 11.6. The van der Waals surface area contributed by atoms with E-state index in [-0.39, 0.29) is 5.92 Å². The Morgan fingerprint density at radius 1 is 1.47 bits per heavy atom. The van der Waals surface area contributed by atoms with Crippen LogP contribution in [-0.2, 0) is 6.54 Å². The molecular formula is C12H16N4O. The maximum Gasteiger partial charge on any atom is 0.137 e. The Morgan fingerprint density at radius 2 is 2.35 bits per heavy atom. The van der Waals surface area contributed by atoms with Crippen molar-refractivity contribution in [3.05, 3.63) is 42.5 Å². The zero-order valence-corrected chi connectivity index (χ0v) is 9.78. The van der Waals surface area contributed by atoms with E-state index in [1.807, 2.05) is 18.2 Å². The van der Waals surface area contributed by atoms with Crippen molar-refractivity contribution in [1.82, 2.24) is 14.8 Å². The number of methoxy groups -OCH3 is 1. The van der Waals surface area contributed by atoms with Crippen molar-refractivity contribution in [2.24, 2.45) is 5.73 Å². The predicted octanol–water partition coefficient (Wildman–Crippen LogP) is 1.03. The van der Waals surface area contributed by atoms with Crippen molar-refractivity contribution in [1.29, 1.82) is 0 Å². The Bertz CT molecular complexity index is 455. The molecule has 0 saturated heterocycles. The summed E-state index contributed by atoms with van der Waals surface area (Å²) in [4.78, 5) is 3.92. The summed E-state index contributed by atoms with van der Waals surface area (Å²) < 4.78 is 7.00. The van der Waals surface area contributed by atoms with Crippen molar-refractivity contribution >= 4 is 0 Å². The van der Waals surface area contributed by atoms with E-state index in [2.05, 4.69) is 16.1 Å². The van der Waals surface area contributed by atoms with Crippen LogP contribution in [-0.4, -0.2) is 28.4 Å². The van der Waals surface area contributed by atoms with Gasteiger partial charge in [0.2, 0.25) is 0 Å². The predicted molar refractivity (Wildman–Crippen MR) is 64.8 cm³/mol. The highest BCUT2D eigenvalue weighted by Crippen LogP contribution is 2.21. The van der Waals surface area contributed by atoms with Gasteiger partial charge in [0, 0.05) is 12.5 Å². The third-order valence-corrected chi connectivity index (χ3v) is 2.72. The standard InChI is InChI=1S/C12H16N4O/c1-17-12-4-2-3-10(5-12)11(6-13)7-16-9-14-8-15-16/h2-5,8-9,11H,6-7,13H2,1H3. The molecule has 1 aromatic carbocycles. The average molecular weight is 232 g/mol. The summed E-state index contributed by atoms with van der Waals surface area (Å²) in [5.41, 5.74) is 6.97. The molecule has 0 saturated carbocycles. The molecule has 0 bridgehead atoms. The van der Waals surface area contributed by atoms with E-state index in [4.69, 9.17) is 10.5 Å². The molecule has 5 nitrogen and oxygen atoms in total. The van der Waals surface area contributed by atoms with Gasteiger partial charge in [0.1, 0.15) is 18.4 Å². The van der Waals surface area contributed by atoms with Crippen LogP contribution < -0.4 is 10.5 Å². The van der Waals surface area contributed by atoms with Crippen LogP contribution in [0, 0.1) is 0 Å². The summed E-state index contributed by atoms with van der Waals surface area (Å²) in [6.45, 7) is 1.29. The largest absolute Gasteiger partial charge is 0.497 e. The normalized spacial score (nSPS) is 12.4. The SMILES string of the molecule is COc1cccc(C(CN)Cn2cncn2)c1. The third-order valence-electron chi connectivity index (χ3n) is 2.72. The number of hydrogen-bond donors (Lipinski definition) is 1. The summed E-state index contributed by atoms with van der Waals surface area (Å²) in [5.74, 6) is 1.06. The van der Waals surface area contributed by atoms with Gasteiger partial charge in [-0.1, -0.05) is 12.1 Å². The number of rotatable bonds is 5. The van der Waals surface area contributed by atoms with Crippen molar-refractivity contribution in [3.8, 4) is 5.75 Å². The van der Waals surface area contributed by atoms with Crippen LogP contribution in [0.3, 0.4) is 0 Å². The van der Waals surface area contributed by atoms with Gasteiger partial charge in [-0.25, -0.2) is 4.98 Å². The highest BCUT2D eigenvalue weighted by molar-refractivity contribution is 5.30. The Balaban J connectivity index is 2.16. The lowest BCUT2D eigenvalue weighted by atomic mass is 9.99. The van der Waals surface area contributed by atoms with Crippen LogP contribution in [0.4, 0.5) is 0 Å². The molecule has 2 rings (SSSR count). The van der Waals surface area contributed by atoms with Gasteiger partial charge in [-0.05, 0) is 17.7 Å². The summed E-state index contributed by atoms with van der Waals surface area (Å²) in [7, 11) is 1.66. The molecule has 90 valence electrons. The van der Waals surface area contributed by atoms with Crippen LogP contribution in [0.15, 0.2) is 36.9 Å². The number of ether oxygens (including phenoxy) is 1. The van der Waals surface area contributed by atoms with E-state index in [1.54, 1.807) is 18.1 Å². The van der Waals surface area contributed by atoms with Gasteiger partial charge in [-0.2, -0.15) is 5.10 Å². The monoisotopic (exact) mass is 232 g/mol. The maximum atomic E-state index is 5.81. The fourth-order valence-corrected chi connectivity index (χ4v) is 1.76. The van der Waals surface area contributed by atoms with Gasteiger partial charge in [0.25, 0.3) is 0 Å². The Labute approximate surface area is 100 Å². The smallest absolute Gasteiger partial charge is 0.137 e. The molecule has 2 N–H and O–H groups in total. The highest BCUT2D eigenvalue weighted by Gasteiger charge is 2.11. The summed E-state index contributed by atoms with van der Waals surface area (Å²) in [5, 5.41) is 4.09. The van der Waals surface area contributed by atoms with Gasteiger partial charge < -0.3 is 10.5 Å². The van der Waals surface area contributed by atoms with E-state index >= 15 is 0 Å². The first-order valence-corrected chi connectivity index (χ1v) is 5.50.